The van der Waals surface area contributed by atoms with Gasteiger partial charge in [-0.15, -0.1) is 0 Å². The number of amides is 1. The van der Waals surface area contributed by atoms with Gasteiger partial charge in [0.15, 0.2) is 0 Å². The number of esters is 1. The van der Waals surface area contributed by atoms with Crippen molar-refractivity contribution in [3.63, 3.8) is 0 Å². The highest BCUT2D eigenvalue weighted by molar-refractivity contribution is 9.10. The van der Waals surface area contributed by atoms with Gasteiger partial charge in [0.25, 0.3) is 11.7 Å². The predicted octanol–water partition coefficient (Wildman–Crippen LogP) is 1.15. The van der Waals surface area contributed by atoms with Crippen LogP contribution in [0.15, 0.2) is 22.7 Å². The largest absolute Gasteiger partial charge is 0.468 e. The van der Waals surface area contributed by atoms with Crippen molar-refractivity contribution in [2.75, 3.05) is 18.6 Å². The van der Waals surface area contributed by atoms with Crippen LogP contribution in [0, 0.1) is 0 Å². The molecule has 5 nitrogen and oxygen atoms in total. The lowest BCUT2D eigenvalue weighted by Crippen LogP contribution is -2.35. The third kappa shape index (κ3) is 1.84. The van der Waals surface area contributed by atoms with Crippen LogP contribution in [0.4, 0.5) is 5.69 Å². The highest BCUT2D eigenvalue weighted by Crippen LogP contribution is 2.35. The molecule has 0 spiro atoms. The van der Waals surface area contributed by atoms with Gasteiger partial charge in [-0.1, -0.05) is 6.07 Å². The van der Waals surface area contributed by atoms with Gasteiger partial charge in [0, 0.05) is 4.47 Å². The van der Waals surface area contributed by atoms with Gasteiger partial charge in [-0.25, -0.2) is 0 Å². The lowest BCUT2D eigenvalue weighted by Gasteiger charge is -2.15. The molecule has 0 saturated heterocycles. The molecule has 1 aliphatic heterocycles. The maximum absolute atomic E-state index is 11.7. The van der Waals surface area contributed by atoms with Gasteiger partial charge in [0.05, 0.1) is 18.4 Å². The van der Waals surface area contributed by atoms with Crippen LogP contribution in [0.25, 0.3) is 0 Å². The molecular formula is C11H8BrNO4. The fraction of sp³-hybridized carbons (Fsp3) is 0.182. The number of halogens is 1. The molecule has 1 aromatic rings. The van der Waals surface area contributed by atoms with E-state index in [-0.39, 0.29) is 6.54 Å². The molecule has 0 saturated carbocycles. The maximum atomic E-state index is 11.7. The zero-order valence-electron chi connectivity index (χ0n) is 8.90. The molecule has 6 heteroatoms. The number of ether oxygens (including phenoxy) is 1. The van der Waals surface area contributed by atoms with E-state index < -0.39 is 17.7 Å². The molecule has 0 unspecified atom stereocenters. The normalized spacial score (nSPS) is 13.9. The summed E-state index contributed by atoms with van der Waals surface area (Å²) in [5, 5.41) is 0. The number of benzene rings is 1. The number of carbonyl (C=O) groups excluding carboxylic acids is 3. The minimum atomic E-state index is -0.711. The second-order valence-corrected chi connectivity index (χ2v) is 4.29. The third-order valence-electron chi connectivity index (χ3n) is 2.46. The molecule has 1 amide bonds. The van der Waals surface area contributed by atoms with Crippen LogP contribution < -0.4 is 4.90 Å². The van der Waals surface area contributed by atoms with Crippen molar-refractivity contribution in [1.29, 1.82) is 0 Å². The number of hydrogen-bond donors (Lipinski definition) is 0. The van der Waals surface area contributed by atoms with Crippen LogP contribution in [0.1, 0.15) is 10.4 Å². The summed E-state index contributed by atoms with van der Waals surface area (Å²) in [5.74, 6) is -1.89. The van der Waals surface area contributed by atoms with Crippen LogP contribution in [-0.2, 0) is 14.3 Å². The quantitative estimate of drug-likeness (QED) is 0.607. The number of Topliss-reactive ketones (excluding diaryl/α,β-unsaturated/α-hetero) is 1. The second kappa shape index (κ2) is 4.29. The number of anilines is 1. The van der Waals surface area contributed by atoms with Crippen LogP contribution in [-0.4, -0.2) is 31.3 Å². The monoisotopic (exact) mass is 297 g/mol. The Morgan fingerprint density at radius 3 is 2.76 bits per heavy atom. The van der Waals surface area contributed by atoms with E-state index in [1.54, 1.807) is 18.2 Å². The summed E-state index contributed by atoms with van der Waals surface area (Å²) in [4.78, 5) is 35.7. The molecular weight excluding hydrogens is 290 g/mol. The Kier molecular flexibility index (Phi) is 2.97. The van der Waals surface area contributed by atoms with E-state index in [0.717, 1.165) is 4.90 Å². The van der Waals surface area contributed by atoms with Crippen molar-refractivity contribution in [1.82, 2.24) is 0 Å². The van der Waals surface area contributed by atoms with Gasteiger partial charge in [0.2, 0.25) is 0 Å². The topological polar surface area (TPSA) is 63.7 Å². The van der Waals surface area contributed by atoms with Gasteiger partial charge >= 0.3 is 5.97 Å². The van der Waals surface area contributed by atoms with Crippen molar-refractivity contribution in [2.45, 2.75) is 0 Å². The molecule has 2 rings (SSSR count). The molecule has 0 atom stereocenters. The predicted molar refractivity (Wildman–Crippen MR) is 62.8 cm³/mol. The lowest BCUT2D eigenvalue weighted by atomic mass is 10.1. The first kappa shape index (κ1) is 11.8. The van der Waals surface area contributed by atoms with Gasteiger partial charge in [0.1, 0.15) is 6.54 Å². The fourth-order valence-corrected chi connectivity index (χ4v) is 2.24. The zero-order chi connectivity index (χ0) is 12.6. The molecule has 1 aliphatic rings. The van der Waals surface area contributed by atoms with Gasteiger partial charge in [-0.05, 0) is 28.1 Å². The number of carbonyl (C=O) groups is 3. The van der Waals surface area contributed by atoms with Crippen molar-refractivity contribution in [3.8, 4) is 0 Å². The number of methoxy groups -OCH3 is 1. The summed E-state index contributed by atoms with van der Waals surface area (Å²) >= 11 is 3.26. The van der Waals surface area contributed by atoms with E-state index in [1.807, 2.05) is 0 Å². The minimum Gasteiger partial charge on any atom is -0.468 e. The minimum absolute atomic E-state index is 0.267. The molecule has 0 radical (unpaired) electrons. The standard InChI is InChI=1S/C11H8BrNO4/c1-17-8(14)5-13-9-6(10(15)11(13)16)3-2-4-7(9)12/h2-4H,5H2,1H3. The number of ketones is 1. The third-order valence-corrected chi connectivity index (χ3v) is 3.10. The summed E-state index contributed by atoms with van der Waals surface area (Å²) < 4.78 is 5.09. The van der Waals surface area contributed by atoms with E-state index in [0.29, 0.717) is 15.7 Å². The van der Waals surface area contributed by atoms with E-state index in [2.05, 4.69) is 20.7 Å². The Balaban J connectivity index is 2.47. The summed E-state index contributed by atoms with van der Waals surface area (Å²) in [5.41, 5.74) is 0.723. The highest BCUT2D eigenvalue weighted by atomic mass is 79.9. The summed E-state index contributed by atoms with van der Waals surface area (Å²) in [6.07, 6.45) is 0. The smallest absolute Gasteiger partial charge is 0.325 e. The van der Waals surface area contributed by atoms with E-state index >= 15 is 0 Å². The number of fused-ring (bicyclic) bond motifs is 1. The van der Waals surface area contributed by atoms with Crippen molar-refractivity contribution in [3.05, 3.63) is 28.2 Å². The molecule has 0 N–H and O–H groups in total. The maximum Gasteiger partial charge on any atom is 0.325 e. The molecule has 1 aromatic carbocycles. The fourth-order valence-electron chi connectivity index (χ4n) is 1.66. The Bertz CT molecular complexity index is 526. The van der Waals surface area contributed by atoms with Crippen molar-refractivity contribution < 1.29 is 19.1 Å². The zero-order valence-corrected chi connectivity index (χ0v) is 10.5. The Hall–Kier alpha value is -1.69. The molecule has 17 heavy (non-hydrogen) atoms. The first-order chi connectivity index (χ1) is 8.06. The van der Waals surface area contributed by atoms with Crippen molar-refractivity contribution >= 4 is 39.3 Å². The van der Waals surface area contributed by atoms with E-state index in [1.165, 1.54) is 7.11 Å². The first-order valence-corrected chi connectivity index (χ1v) is 5.57. The number of para-hydroxylation sites is 1. The second-order valence-electron chi connectivity index (χ2n) is 3.43. The van der Waals surface area contributed by atoms with Gasteiger partial charge in [-0.3, -0.25) is 19.3 Å². The van der Waals surface area contributed by atoms with Crippen LogP contribution in [0.2, 0.25) is 0 Å². The Labute approximate surface area is 105 Å². The van der Waals surface area contributed by atoms with Crippen LogP contribution in [0.5, 0.6) is 0 Å². The lowest BCUT2D eigenvalue weighted by molar-refractivity contribution is -0.139. The molecule has 0 fully saturated rings. The Morgan fingerprint density at radius 2 is 2.12 bits per heavy atom. The average molecular weight is 298 g/mol. The SMILES string of the molecule is COC(=O)CN1C(=O)C(=O)c2cccc(Br)c21. The van der Waals surface area contributed by atoms with Gasteiger partial charge in [-0.2, -0.15) is 0 Å². The van der Waals surface area contributed by atoms with E-state index in [9.17, 15) is 14.4 Å². The molecule has 0 aromatic heterocycles. The highest BCUT2D eigenvalue weighted by Gasteiger charge is 2.38. The summed E-state index contributed by atoms with van der Waals surface area (Å²) in [6, 6.07) is 4.92. The molecule has 88 valence electrons. The molecule has 1 heterocycles. The summed E-state index contributed by atoms with van der Waals surface area (Å²) in [6.45, 7) is -0.267. The number of nitrogens with zero attached hydrogens (tertiary/aromatic N) is 1. The first-order valence-electron chi connectivity index (χ1n) is 4.77. The molecule has 0 aliphatic carbocycles. The number of rotatable bonds is 2. The van der Waals surface area contributed by atoms with Crippen LogP contribution >= 0.6 is 15.9 Å². The van der Waals surface area contributed by atoms with E-state index in [4.69, 9.17) is 0 Å². The van der Waals surface area contributed by atoms with Crippen molar-refractivity contribution in [2.24, 2.45) is 0 Å². The number of hydrogen-bond acceptors (Lipinski definition) is 4. The average Bonchev–Trinajstić information content (AvgIpc) is 2.56. The van der Waals surface area contributed by atoms with Crippen LogP contribution in [0.3, 0.4) is 0 Å². The van der Waals surface area contributed by atoms with Gasteiger partial charge < -0.3 is 4.74 Å². The Morgan fingerprint density at radius 1 is 1.41 bits per heavy atom. The summed E-state index contributed by atoms with van der Waals surface area (Å²) in [7, 11) is 1.23. The molecule has 0 bridgehead atoms.